The molecule has 208 valence electrons. The van der Waals surface area contributed by atoms with Crippen molar-refractivity contribution in [1.82, 2.24) is 15.2 Å². The molecule has 2 aliphatic heterocycles. The Kier molecular flexibility index (Phi) is 6.78. The molecule has 6 rings (SSSR count). The Morgan fingerprint density at radius 3 is 2.49 bits per heavy atom. The van der Waals surface area contributed by atoms with Crippen molar-refractivity contribution in [2.75, 3.05) is 16.9 Å². The van der Waals surface area contributed by atoms with Crippen LogP contribution < -0.4 is 10.2 Å². The number of para-hydroxylation sites is 2. The molecule has 0 bridgehead atoms. The number of amides is 4. The van der Waals surface area contributed by atoms with Gasteiger partial charge in [-0.25, -0.2) is 14.5 Å². The summed E-state index contributed by atoms with van der Waals surface area (Å²) < 4.78 is 0. The van der Waals surface area contributed by atoms with Gasteiger partial charge >= 0.3 is 12.0 Å². The number of benzene rings is 3. The van der Waals surface area contributed by atoms with Crippen molar-refractivity contribution >= 4 is 52.2 Å². The summed E-state index contributed by atoms with van der Waals surface area (Å²) in [5.74, 6) is -2.09. The van der Waals surface area contributed by atoms with E-state index in [1.54, 1.807) is 29.4 Å². The maximum atomic E-state index is 14.2. The van der Waals surface area contributed by atoms with Crippen LogP contribution in [0.2, 0.25) is 0 Å². The number of carboxylic acid groups (broad SMARTS) is 1. The molecular formula is C31H28N4O5S. The molecule has 3 atom stereocenters. The average Bonchev–Trinajstić information content (AvgIpc) is 3.46. The van der Waals surface area contributed by atoms with E-state index in [9.17, 15) is 24.3 Å². The van der Waals surface area contributed by atoms with Crippen molar-refractivity contribution < 1.29 is 24.3 Å². The van der Waals surface area contributed by atoms with Gasteiger partial charge < -0.3 is 15.4 Å². The Hall–Kier alpha value is -4.57. The van der Waals surface area contributed by atoms with E-state index in [2.05, 4.69) is 10.3 Å². The summed E-state index contributed by atoms with van der Waals surface area (Å²) in [6.45, 7) is 1.99. The molecule has 4 amide bonds. The number of fused-ring (bicyclic) bond motifs is 4. The van der Waals surface area contributed by atoms with Crippen LogP contribution >= 0.6 is 11.8 Å². The predicted molar refractivity (Wildman–Crippen MR) is 157 cm³/mol. The lowest BCUT2D eigenvalue weighted by Crippen LogP contribution is -2.44. The standard InChI is InChI=1S/C31H28N4O5S/c1-17-11-13-18(14-12-17)27-26-21(19-7-3-5-9-22(19)32-26)15-25-29(37)35(31(40)34(25)27)24-10-6-4-8-20(24)28(36)33-23(16-41-2)30(38)39/h3-14,23,25,27,32H,15-16H2,1-2H3,(H,33,36)(H,38,39). The van der Waals surface area contributed by atoms with Crippen molar-refractivity contribution in [3.8, 4) is 0 Å². The van der Waals surface area contributed by atoms with Crippen molar-refractivity contribution in [2.24, 2.45) is 0 Å². The maximum absolute atomic E-state index is 14.2. The summed E-state index contributed by atoms with van der Waals surface area (Å²) in [5, 5.41) is 13.1. The molecule has 0 saturated carbocycles. The number of anilines is 1. The molecule has 1 aromatic heterocycles. The molecule has 1 saturated heterocycles. The number of aromatic amines is 1. The zero-order valence-electron chi connectivity index (χ0n) is 22.5. The molecule has 0 aliphatic carbocycles. The number of H-pyrrole nitrogens is 1. The van der Waals surface area contributed by atoms with E-state index in [1.165, 1.54) is 17.8 Å². The van der Waals surface area contributed by atoms with Gasteiger partial charge in [0.05, 0.1) is 11.3 Å². The topological polar surface area (TPSA) is 123 Å². The second-order valence-electron chi connectivity index (χ2n) is 10.3. The fraction of sp³-hybridized carbons (Fsp3) is 0.226. The Morgan fingerprint density at radius 2 is 1.76 bits per heavy atom. The number of thioether (sulfide) groups is 1. The number of aryl methyl sites for hydroxylation is 1. The number of carbonyl (C=O) groups excluding carboxylic acids is 3. The fourth-order valence-electron chi connectivity index (χ4n) is 5.83. The van der Waals surface area contributed by atoms with Gasteiger partial charge in [-0.3, -0.25) is 14.5 Å². The van der Waals surface area contributed by atoms with E-state index in [1.807, 2.05) is 55.5 Å². The molecule has 3 heterocycles. The second-order valence-corrected chi connectivity index (χ2v) is 11.2. The van der Waals surface area contributed by atoms with Crippen molar-refractivity contribution in [1.29, 1.82) is 0 Å². The third-order valence-corrected chi connectivity index (χ3v) is 8.44. The number of hydrogen-bond acceptors (Lipinski definition) is 5. The van der Waals surface area contributed by atoms with Crippen LogP contribution in [0, 0.1) is 6.92 Å². The summed E-state index contributed by atoms with van der Waals surface area (Å²) in [6, 6.07) is 19.1. The zero-order valence-corrected chi connectivity index (χ0v) is 23.3. The van der Waals surface area contributed by atoms with Gasteiger partial charge in [-0.2, -0.15) is 11.8 Å². The lowest BCUT2D eigenvalue weighted by atomic mass is 9.88. The van der Waals surface area contributed by atoms with Crippen LogP contribution in [0.25, 0.3) is 10.9 Å². The normalized spacial score (nSPS) is 18.8. The molecule has 4 aromatic rings. The summed E-state index contributed by atoms with van der Waals surface area (Å²) in [4.78, 5) is 59.5. The third kappa shape index (κ3) is 4.44. The lowest BCUT2D eigenvalue weighted by molar-refractivity contribution is -0.138. The smallest absolute Gasteiger partial charge is 0.332 e. The molecule has 10 heteroatoms. The zero-order chi connectivity index (χ0) is 28.8. The van der Waals surface area contributed by atoms with Gasteiger partial charge in [0.1, 0.15) is 18.1 Å². The number of nitrogens with zero attached hydrogens (tertiary/aromatic N) is 2. The van der Waals surface area contributed by atoms with Gasteiger partial charge in [0.15, 0.2) is 0 Å². The van der Waals surface area contributed by atoms with Crippen LogP contribution in [0.3, 0.4) is 0 Å². The number of aliphatic carboxylic acids is 1. The summed E-state index contributed by atoms with van der Waals surface area (Å²) in [7, 11) is 0. The van der Waals surface area contributed by atoms with E-state index in [4.69, 9.17) is 0 Å². The molecule has 3 aromatic carbocycles. The van der Waals surface area contributed by atoms with E-state index >= 15 is 0 Å². The van der Waals surface area contributed by atoms with Gasteiger partial charge in [-0.05, 0) is 42.5 Å². The average molecular weight is 569 g/mol. The number of aromatic nitrogens is 1. The predicted octanol–water partition coefficient (Wildman–Crippen LogP) is 4.51. The first-order valence-corrected chi connectivity index (χ1v) is 14.6. The van der Waals surface area contributed by atoms with E-state index < -0.39 is 41.9 Å². The van der Waals surface area contributed by atoms with Crippen molar-refractivity contribution in [3.05, 3.63) is 101 Å². The van der Waals surface area contributed by atoms with E-state index in [-0.39, 0.29) is 17.0 Å². The molecule has 3 N–H and O–H groups in total. The molecule has 41 heavy (non-hydrogen) atoms. The minimum Gasteiger partial charge on any atom is -0.480 e. The van der Waals surface area contributed by atoms with E-state index in [0.717, 1.165) is 38.2 Å². The second kappa shape index (κ2) is 10.4. The minimum atomic E-state index is -1.16. The summed E-state index contributed by atoms with van der Waals surface area (Å²) in [6.07, 6.45) is 2.07. The van der Waals surface area contributed by atoms with Crippen LogP contribution in [0.5, 0.6) is 0 Å². The number of imide groups is 1. The van der Waals surface area contributed by atoms with Gasteiger partial charge in [-0.15, -0.1) is 0 Å². The number of nitrogens with one attached hydrogen (secondary N) is 2. The SMILES string of the molecule is CSCC(NC(=O)c1ccccc1N1C(=O)C2Cc3c([nH]c4ccccc34)C(c3ccc(C)cc3)N2C1=O)C(=O)O. The number of urea groups is 1. The minimum absolute atomic E-state index is 0.0530. The molecule has 0 spiro atoms. The van der Waals surface area contributed by atoms with E-state index in [0.29, 0.717) is 6.42 Å². The highest BCUT2D eigenvalue weighted by Crippen LogP contribution is 2.45. The Balaban J connectivity index is 1.43. The molecule has 1 fully saturated rings. The largest absolute Gasteiger partial charge is 0.480 e. The van der Waals surface area contributed by atoms with Crippen molar-refractivity contribution in [2.45, 2.75) is 31.5 Å². The molecule has 3 unspecified atom stereocenters. The number of carboxylic acids is 1. The number of hydrogen-bond donors (Lipinski definition) is 3. The number of carbonyl (C=O) groups is 4. The highest BCUT2D eigenvalue weighted by molar-refractivity contribution is 7.98. The fourth-order valence-corrected chi connectivity index (χ4v) is 6.39. The highest BCUT2D eigenvalue weighted by atomic mass is 32.2. The Labute approximate surface area is 240 Å². The quantitative estimate of drug-likeness (QED) is 0.282. The van der Waals surface area contributed by atoms with Crippen molar-refractivity contribution in [3.63, 3.8) is 0 Å². The first kappa shape index (κ1) is 26.6. The lowest BCUT2D eigenvalue weighted by Gasteiger charge is -2.36. The van der Waals surface area contributed by atoms with Gasteiger partial charge in [0, 0.05) is 28.8 Å². The van der Waals surface area contributed by atoms with Gasteiger partial charge in [-0.1, -0.05) is 60.2 Å². The van der Waals surface area contributed by atoms with Crippen LogP contribution in [0.15, 0.2) is 72.8 Å². The summed E-state index contributed by atoms with van der Waals surface area (Å²) in [5.41, 5.74) is 4.90. The first-order valence-electron chi connectivity index (χ1n) is 13.2. The highest BCUT2D eigenvalue weighted by Gasteiger charge is 2.53. The van der Waals surface area contributed by atoms with Crippen LogP contribution in [0.1, 0.15) is 38.8 Å². The van der Waals surface area contributed by atoms with Crippen LogP contribution in [-0.4, -0.2) is 62.9 Å². The molecular weight excluding hydrogens is 540 g/mol. The van der Waals surface area contributed by atoms with Gasteiger partial charge in [0.2, 0.25) is 0 Å². The number of rotatable bonds is 7. The van der Waals surface area contributed by atoms with Gasteiger partial charge in [0.25, 0.3) is 11.8 Å². The maximum Gasteiger partial charge on any atom is 0.332 e. The molecule has 2 aliphatic rings. The Bertz CT molecular complexity index is 1700. The molecule has 0 radical (unpaired) electrons. The van der Waals surface area contributed by atoms with Crippen LogP contribution in [0.4, 0.5) is 10.5 Å². The van der Waals surface area contributed by atoms with Crippen LogP contribution in [-0.2, 0) is 16.0 Å². The third-order valence-electron chi connectivity index (χ3n) is 7.77. The molecule has 9 nitrogen and oxygen atoms in total. The monoisotopic (exact) mass is 568 g/mol. The first-order chi connectivity index (χ1) is 19.8. The Morgan fingerprint density at radius 1 is 1.05 bits per heavy atom. The summed E-state index contributed by atoms with van der Waals surface area (Å²) >= 11 is 1.29.